The number of nitrogens with one attached hydrogen (secondary N) is 1. The van der Waals surface area contributed by atoms with Crippen LogP contribution in [-0.2, 0) is 20.9 Å². The van der Waals surface area contributed by atoms with Crippen LogP contribution >= 0.6 is 0 Å². The number of hydrogen-bond donors (Lipinski definition) is 1. The Kier molecular flexibility index (Phi) is 8.28. The van der Waals surface area contributed by atoms with E-state index in [0.29, 0.717) is 25.2 Å². The monoisotopic (exact) mass is 624 g/mol. The number of alkyl halides is 3. The normalized spacial score (nSPS) is 22.2. The van der Waals surface area contributed by atoms with Gasteiger partial charge in [-0.2, -0.15) is 13.2 Å². The van der Waals surface area contributed by atoms with E-state index >= 15 is 0 Å². The molecule has 1 atom stereocenters. The SMILES string of the molecule is O=C1CCC(N2C(=O)c3cccc(-c4cccc(CN5CCC6(CC5)CCN(C(=O)CCC(F)(F)F)CC6)c4)c3C2=O)C(=O)N1. The number of halogens is 3. The molecule has 2 aromatic carbocycles. The number of nitrogens with zero attached hydrogens (tertiary/aromatic N) is 3. The van der Waals surface area contributed by atoms with Crippen LogP contribution in [0.5, 0.6) is 0 Å². The van der Waals surface area contributed by atoms with Gasteiger partial charge in [0.15, 0.2) is 0 Å². The highest BCUT2D eigenvalue weighted by Crippen LogP contribution is 2.42. The Morgan fingerprint density at radius 1 is 0.889 bits per heavy atom. The van der Waals surface area contributed by atoms with Gasteiger partial charge in [0.2, 0.25) is 17.7 Å². The van der Waals surface area contributed by atoms with Crippen molar-refractivity contribution < 1.29 is 37.1 Å². The van der Waals surface area contributed by atoms with Gasteiger partial charge in [-0.1, -0.05) is 30.3 Å². The molecule has 3 saturated heterocycles. The van der Waals surface area contributed by atoms with Crippen molar-refractivity contribution in [3.8, 4) is 11.1 Å². The van der Waals surface area contributed by atoms with Gasteiger partial charge in [-0.3, -0.25) is 39.1 Å². The quantitative estimate of drug-likeness (QED) is 0.481. The van der Waals surface area contributed by atoms with Crippen LogP contribution in [0.4, 0.5) is 13.2 Å². The molecule has 1 spiro atoms. The van der Waals surface area contributed by atoms with Crippen molar-refractivity contribution in [3.63, 3.8) is 0 Å². The molecule has 0 aromatic heterocycles. The van der Waals surface area contributed by atoms with Crippen LogP contribution in [-0.4, -0.2) is 82.6 Å². The number of imide groups is 2. The predicted octanol–water partition coefficient (Wildman–Crippen LogP) is 4.30. The molecule has 45 heavy (non-hydrogen) atoms. The number of benzene rings is 2. The molecule has 3 fully saturated rings. The summed E-state index contributed by atoms with van der Waals surface area (Å²) in [4.78, 5) is 68.1. The summed E-state index contributed by atoms with van der Waals surface area (Å²) >= 11 is 0. The van der Waals surface area contributed by atoms with E-state index in [-0.39, 0.29) is 29.4 Å². The molecule has 1 N–H and O–H groups in total. The van der Waals surface area contributed by atoms with Gasteiger partial charge >= 0.3 is 6.18 Å². The van der Waals surface area contributed by atoms with Crippen LogP contribution in [0.15, 0.2) is 42.5 Å². The standard InChI is InChI=1S/C33H35F3N4O5/c34-33(35,36)10-9-27(42)39-17-13-32(14-18-39)11-15-38(16-12-32)20-21-3-1-4-22(19-21)23-5-2-6-24-28(23)31(45)40(30(24)44)25-7-8-26(41)37-29(25)43/h1-6,19,25H,7-18,20H2,(H,37,41,43). The van der Waals surface area contributed by atoms with Crippen molar-refractivity contribution in [3.05, 3.63) is 59.2 Å². The number of fused-ring (bicyclic) bond motifs is 1. The fourth-order valence-corrected chi connectivity index (χ4v) is 7.17. The van der Waals surface area contributed by atoms with Crippen LogP contribution in [0.1, 0.15) is 77.6 Å². The second-order valence-corrected chi connectivity index (χ2v) is 12.6. The number of amides is 5. The Balaban J connectivity index is 1.09. The van der Waals surface area contributed by atoms with Crippen molar-refractivity contribution in [2.75, 3.05) is 26.2 Å². The van der Waals surface area contributed by atoms with E-state index in [0.717, 1.165) is 54.8 Å². The topological polar surface area (TPSA) is 107 Å². The molecular weight excluding hydrogens is 589 g/mol. The fraction of sp³-hybridized carbons (Fsp3) is 0.485. The van der Waals surface area contributed by atoms with E-state index in [1.807, 2.05) is 24.3 Å². The summed E-state index contributed by atoms with van der Waals surface area (Å²) in [6, 6.07) is 11.9. The maximum absolute atomic E-state index is 13.6. The molecular formula is C33H35F3N4O5. The lowest BCUT2D eigenvalue weighted by Crippen LogP contribution is -2.54. The zero-order chi connectivity index (χ0) is 31.9. The number of carbonyl (C=O) groups excluding carboxylic acids is 5. The van der Waals surface area contributed by atoms with E-state index < -0.39 is 54.6 Å². The van der Waals surface area contributed by atoms with E-state index in [2.05, 4.69) is 10.2 Å². The molecule has 4 aliphatic rings. The van der Waals surface area contributed by atoms with Crippen molar-refractivity contribution in [2.24, 2.45) is 5.41 Å². The van der Waals surface area contributed by atoms with Crippen LogP contribution in [0.3, 0.4) is 0 Å². The third-order valence-corrected chi connectivity index (χ3v) is 9.83. The van der Waals surface area contributed by atoms with E-state index in [1.165, 1.54) is 0 Å². The van der Waals surface area contributed by atoms with Crippen molar-refractivity contribution in [1.29, 1.82) is 0 Å². The van der Waals surface area contributed by atoms with Gasteiger partial charge in [-0.25, -0.2) is 0 Å². The zero-order valence-corrected chi connectivity index (χ0v) is 24.8. The first kappa shape index (κ1) is 30.9. The summed E-state index contributed by atoms with van der Waals surface area (Å²) in [6.07, 6.45) is -2.23. The molecule has 5 amide bonds. The van der Waals surface area contributed by atoms with Gasteiger partial charge in [0, 0.05) is 32.5 Å². The maximum atomic E-state index is 13.6. The molecule has 9 nitrogen and oxygen atoms in total. The highest BCUT2D eigenvalue weighted by molar-refractivity contribution is 6.25. The van der Waals surface area contributed by atoms with Crippen molar-refractivity contribution >= 4 is 29.5 Å². The Morgan fingerprint density at radius 3 is 2.24 bits per heavy atom. The largest absolute Gasteiger partial charge is 0.389 e. The lowest BCUT2D eigenvalue weighted by atomic mass is 9.71. The molecule has 12 heteroatoms. The smallest absolute Gasteiger partial charge is 0.343 e. The van der Waals surface area contributed by atoms with E-state index in [1.54, 1.807) is 23.1 Å². The highest BCUT2D eigenvalue weighted by atomic mass is 19.4. The number of likely N-dealkylation sites (tertiary alicyclic amines) is 2. The minimum Gasteiger partial charge on any atom is -0.343 e. The third-order valence-electron chi connectivity index (χ3n) is 9.83. The summed E-state index contributed by atoms with van der Waals surface area (Å²) in [5.41, 5.74) is 3.04. The lowest BCUT2D eigenvalue weighted by Gasteiger charge is -2.47. The second-order valence-electron chi connectivity index (χ2n) is 12.6. The van der Waals surface area contributed by atoms with Crippen molar-refractivity contribution in [1.82, 2.24) is 20.0 Å². The molecule has 2 aromatic rings. The van der Waals surface area contributed by atoms with Gasteiger partial charge < -0.3 is 4.90 Å². The number of hydrogen-bond acceptors (Lipinski definition) is 6. The summed E-state index contributed by atoms with van der Waals surface area (Å²) < 4.78 is 37.6. The first-order valence-electron chi connectivity index (χ1n) is 15.4. The minimum absolute atomic E-state index is 0.0554. The number of carbonyl (C=O) groups is 5. The first-order valence-corrected chi connectivity index (χ1v) is 15.4. The molecule has 6 rings (SSSR count). The summed E-state index contributed by atoms with van der Waals surface area (Å²) in [5, 5.41) is 2.22. The van der Waals surface area contributed by atoms with Crippen LogP contribution < -0.4 is 5.32 Å². The Bertz CT molecular complexity index is 1540. The fourth-order valence-electron chi connectivity index (χ4n) is 7.17. The van der Waals surface area contributed by atoms with Gasteiger partial charge in [0.25, 0.3) is 11.8 Å². The molecule has 0 aliphatic carbocycles. The zero-order valence-electron chi connectivity index (χ0n) is 24.8. The number of piperidine rings is 3. The summed E-state index contributed by atoms with van der Waals surface area (Å²) in [6.45, 7) is 3.42. The van der Waals surface area contributed by atoms with Crippen molar-refractivity contribution in [2.45, 2.75) is 70.1 Å². The van der Waals surface area contributed by atoms with Crippen LogP contribution in [0.25, 0.3) is 11.1 Å². The van der Waals surface area contributed by atoms with Gasteiger partial charge in [0.1, 0.15) is 6.04 Å². The molecule has 1 unspecified atom stereocenters. The predicted molar refractivity (Wildman–Crippen MR) is 157 cm³/mol. The minimum atomic E-state index is -4.32. The highest BCUT2D eigenvalue weighted by Gasteiger charge is 2.46. The van der Waals surface area contributed by atoms with Crippen LogP contribution in [0.2, 0.25) is 0 Å². The third kappa shape index (κ3) is 6.38. The molecule has 0 bridgehead atoms. The van der Waals surface area contributed by atoms with Gasteiger partial charge in [-0.05, 0) is 79.4 Å². The molecule has 4 heterocycles. The second kappa shape index (κ2) is 12.0. The summed E-state index contributed by atoms with van der Waals surface area (Å²) in [5.74, 6) is -2.57. The number of rotatable bonds is 6. The van der Waals surface area contributed by atoms with E-state index in [4.69, 9.17) is 0 Å². The molecule has 0 radical (unpaired) electrons. The average Bonchev–Trinajstić information content (AvgIpc) is 3.27. The summed E-state index contributed by atoms with van der Waals surface area (Å²) in [7, 11) is 0. The Morgan fingerprint density at radius 2 is 1.56 bits per heavy atom. The van der Waals surface area contributed by atoms with E-state index in [9.17, 15) is 37.1 Å². The lowest BCUT2D eigenvalue weighted by molar-refractivity contribution is -0.150. The molecule has 0 saturated carbocycles. The Hall–Kier alpha value is -4.06. The molecule has 238 valence electrons. The van der Waals surface area contributed by atoms with Gasteiger partial charge in [0.05, 0.1) is 17.5 Å². The Labute approximate surface area is 258 Å². The van der Waals surface area contributed by atoms with Crippen LogP contribution in [0, 0.1) is 5.41 Å². The average molecular weight is 625 g/mol. The first-order chi connectivity index (χ1) is 21.4. The maximum Gasteiger partial charge on any atom is 0.389 e. The van der Waals surface area contributed by atoms with Gasteiger partial charge in [-0.15, -0.1) is 0 Å². The molecule has 4 aliphatic heterocycles.